The maximum atomic E-state index is 14.0. The minimum Gasteiger partial charge on any atom is -0.823 e. The molecule has 5 heteroatoms. The molecule has 45 heavy (non-hydrogen) atoms. The van der Waals surface area contributed by atoms with Crippen LogP contribution in [0.4, 0.5) is 0 Å². The smallest absolute Gasteiger partial charge is 0.138 e. The van der Waals surface area contributed by atoms with Crippen LogP contribution in [0.2, 0.25) is 0 Å². The molecule has 0 aromatic heterocycles. The molecule has 2 rings (SSSR count). The van der Waals surface area contributed by atoms with Crippen LogP contribution in [0.5, 0.6) is 17.2 Å². The van der Waals surface area contributed by atoms with Crippen LogP contribution >= 0.6 is 8.20 Å². The molecule has 3 unspecified atom stereocenters. The number of ether oxygens (including phenoxy) is 3. The number of hydrogen-bond acceptors (Lipinski definition) is 4. The Morgan fingerprint density at radius 3 is 1.40 bits per heavy atom. The van der Waals surface area contributed by atoms with Gasteiger partial charge < -0.3 is 19.3 Å². The Labute approximate surface area is 278 Å². The maximum absolute atomic E-state index is 14.0. The number of unbranched alkanes of at least 4 members (excludes halogenated alkanes) is 3. The third-order valence-corrected chi connectivity index (χ3v) is 10.3. The van der Waals surface area contributed by atoms with Gasteiger partial charge in [-0.25, -0.2) is 0 Å². The molecule has 0 saturated heterocycles. The van der Waals surface area contributed by atoms with Crippen LogP contribution in [0.1, 0.15) is 141 Å². The van der Waals surface area contributed by atoms with Gasteiger partial charge >= 0.3 is 0 Å². The molecule has 0 amide bonds. The van der Waals surface area contributed by atoms with Crippen LogP contribution in [-0.4, -0.2) is 25.3 Å². The summed E-state index contributed by atoms with van der Waals surface area (Å²) in [6.07, 6.45) is 13.9. The first kappa shape index (κ1) is 39.1. The van der Waals surface area contributed by atoms with Gasteiger partial charge in [-0.05, 0) is 74.5 Å². The second-order valence-corrected chi connectivity index (χ2v) is 14.2. The van der Waals surface area contributed by atoms with Crippen LogP contribution < -0.4 is 24.6 Å². The molecule has 0 spiro atoms. The van der Waals surface area contributed by atoms with Crippen LogP contribution in [0.15, 0.2) is 24.3 Å². The quantitative estimate of drug-likeness (QED) is 0.114. The molecule has 2 aromatic rings. The summed E-state index contributed by atoms with van der Waals surface area (Å²) in [6, 6.07) is 8.24. The lowest BCUT2D eigenvalue weighted by molar-refractivity contribution is -0.207. The van der Waals surface area contributed by atoms with E-state index in [1.165, 1.54) is 50.5 Å². The van der Waals surface area contributed by atoms with E-state index >= 15 is 0 Å². The van der Waals surface area contributed by atoms with E-state index in [0.717, 1.165) is 71.3 Å². The molecule has 254 valence electrons. The lowest BCUT2D eigenvalue weighted by Crippen LogP contribution is -2.23. The van der Waals surface area contributed by atoms with Crippen molar-refractivity contribution in [3.8, 4) is 17.2 Å². The molecule has 0 N–H and O–H groups in total. The zero-order chi connectivity index (χ0) is 33.2. The highest BCUT2D eigenvalue weighted by Crippen LogP contribution is 2.33. The topological polar surface area (TPSA) is 50.8 Å². The van der Waals surface area contributed by atoms with Crippen LogP contribution in [0.25, 0.3) is 0 Å². The Kier molecular flexibility index (Phi) is 18.9. The molecule has 0 aliphatic heterocycles. The molecule has 0 radical (unpaired) electrons. The first-order chi connectivity index (χ1) is 21.7. The van der Waals surface area contributed by atoms with Gasteiger partial charge in [0.15, 0.2) is 0 Å². The fraction of sp³-hybridized carbons (Fsp3) is 0.675. The van der Waals surface area contributed by atoms with Gasteiger partial charge in [0.05, 0.1) is 25.1 Å². The number of hydrogen-bond donors (Lipinski definition) is 0. The average Bonchev–Trinajstić information content (AvgIpc) is 3.01. The Morgan fingerprint density at radius 2 is 1.02 bits per heavy atom. The van der Waals surface area contributed by atoms with Crippen molar-refractivity contribution in [2.24, 2.45) is 17.8 Å². The van der Waals surface area contributed by atoms with E-state index in [2.05, 4.69) is 60.6 Å². The lowest BCUT2D eigenvalue weighted by Gasteiger charge is -2.24. The maximum Gasteiger partial charge on any atom is 0.138 e. The van der Waals surface area contributed by atoms with Gasteiger partial charge in [0.2, 0.25) is 0 Å². The zero-order valence-corrected chi connectivity index (χ0v) is 31.1. The first-order valence-corrected chi connectivity index (χ1v) is 19.0. The molecule has 2 aromatic carbocycles. The van der Waals surface area contributed by atoms with E-state index in [-0.39, 0.29) is 5.48 Å². The third kappa shape index (κ3) is 13.3. The van der Waals surface area contributed by atoms with Gasteiger partial charge in [0.1, 0.15) is 17.2 Å². The summed E-state index contributed by atoms with van der Waals surface area (Å²) in [7, 11) is 0.572. The van der Waals surface area contributed by atoms with Crippen molar-refractivity contribution < 1.29 is 19.3 Å². The second kappa shape index (κ2) is 21.7. The molecular formula is C40H64O4P-. The molecule has 0 bridgehead atoms. The first-order valence-electron chi connectivity index (χ1n) is 18.1. The second-order valence-electron chi connectivity index (χ2n) is 13.1. The van der Waals surface area contributed by atoms with Crippen molar-refractivity contribution in [2.75, 3.05) is 19.8 Å². The van der Waals surface area contributed by atoms with E-state index in [1.54, 1.807) is 0 Å². The van der Waals surface area contributed by atoms with Gasteiger partial charge in [0, 0.05) is 12.1 Å². The summed E-state index contributed by atoms with van der Waals surface area (Å²) in [5.74, 6) is 3.67. The summed E-state index contributed by atoms with van der Waals surface area (Å²) >= 11 is 0. The van der Waals surface area contributed by atoms with Gasteiger partial charge in [-0.1, -0.05) is 125 Å². The predicted octanol–water partition coefficient (Wildman–Crippen LogP) is 10.5. The number of rotatable bonds is 23. The fourth-order valence-corrected chi connectivity index (χ4v) is 7.12. The minimum atomic E-state index is 0.0787. The Morgan fingerprint density at radius 1 is 0.622 bits per heavy atom. The van der Waals surface area contributed by atoms with Crippen LogP contribution in [-0.2, 0) is 0 Å². The van der Waals surface area contributed by atoms with E-state index in [0.29, 0.717) is 45.8 Å². The zero-order valence-electron chi connectivity index (χ0n) is 30.2. The molecular weight excluding hydrogens is 575 g/mol. The van der Waals surface area contributed by atoms with Gasteiger partial charge in [-0.3, -0.25) is 0 Å². The van der Waals surface area contributed by atoms with Crippen molar-refractivity contribution in [1.29, 1.82) is 0 Å². The van der Waals surface area contributed by atoms with Gasteiger partial charge in [-0.2, -0.15) is 0 Å². The summed E-state index contributed by atoms with van der Waals surface area (Å²) in [5.41, 5.74) is 4.08. The normalized spacial score (nSPS) is 13.9. The molecule has 4 nitrogen and oxygen atoms in total. The molecule has 3 atom stereocenters. The van der Waals surface area contributed by atoms with Crippen molar-refractivity contribution >= 4 is 19.0 Å². The molecule has 0 aliphatic rings. The summed E-state index contributed by atoms with van der Waals surface area (Å²) < 4.78 is 19.8. The summed E-state index contributed by atoms with van der Waals surface area (Å²) in [4.78, 5) is 0. The Bertz CT molecular complexity index is 1090. The highest BCUT2D eigenvalue weighted by molar-refractivity contribution is 7.49. The summed E-state index contributed by atoms with van der Waals surface area (Å²) in [5, 5.41) is 14.8. The highest BCUT2D eigenvalue weighted by Gasteiger charge is 2.19. The van der Waals surface area contributed by atoms with Crippen LogP contribution in [0.3, 0.4) is 0 Å². The predicted molar refractivity (Wildman–Crippen MR) is 194 cm³/mol. The SMILES string of the molecule is CCCCC(CC)COc1cc(OCC(CC)CCCC)c(P=C([O-])c2c(C)cc(C)cc2C)c(OCC(CC)CCCC)c1. The summed E-state index contributed by atoms with van der Waals surface area (Å²) in [6.45, 7) is 21.5. The van der Waals surface area contributed by atoms with Gasteiger partial charge in [-0.15, -0.1) is 5.48 Å². The third-order valence-electron chi connectivity index (χ3n) is 9.18. The number of benzene rings is 2. The fourth-order valence-electron chi connectivity index (χ4n) is 5.97. The molecule has 0 heterocycles. The highest BCUT2D eigenvalue weighted by atomic mass is 31.1. The van der Waals surface area contributed by atoms with Crippen molar-refractivity contribution in [2.45, 2.75) is 139 Å². The lowest BCUT2D eigenvalue weighted by atomic mass is 10.0. The standard InChI is InChI=1S/C40H65O4P/c1-10-16-19-32(13-4)26-42-35-24-36(43-27-33(14-5)20-17-11-2)39(37(25-35)44-28-34(15-6)21-18-12-3)45-40(41)38-30(8)22-29(7)23-31(38)9/h22-25,32-34,41H,10-21,26-28H2,1-9H3/p-1. The minimum absolute atomic E-state index is 0.0787. The van der Waals surface area contributed by atoms with E-state index in [9.17, 15) is 5.11 Å². The number of aryl methyl sites for hydroxylation is 3. The molecule has 0 aliphatic carbocycles. The van der Waals surface area contributed by atoms with E-state index in [1.807, 2.05) is 26.0 Å². The van der Waals surface area contributed by atoms with Crippen LogP contribution in [0, 0.1) is 38.5 Å². The monoisotopic (exact) mass is 639 g/mol. The van der Waals surface area contributed by atoms with Crippen molar-refractivity contribution in [3.63, 3.8) is 0 Å². The van der Waals surface area contributed by atoms with Gasteiger partial charge in [0.25, 0.3) is 0 Å². The Balaban J connectivity index is 2.63. The van der Waals surface area contributed by atoms with E-state index in [4.69, 9.17) is 14.2 Å². The van der Waals surface area contributed by atoms with Crippen molar-refractivity contribution in [1.82, 2.24) is 0 Å². The van der Waals surface area contributed by atoms with E-state index < -0.39 is 0 Å². The largest absolute Gasteiger partial charge is 0.823 e. The van der Waals surface area contributed by atoms with Crippen molar-refractivity contribution in [3.05, 3.63) is 46.5 Å². The average molecular weight is 640 g/mol. The molecule has 0 fully saturated rings. The Hall–Kier alpha value is -2.03. The molecule has 0 saturated carbocycles.